The van der Waals surface area contributed by atoms with Gasteiger partial charge in [0, 0.05) is 5.41 Å². The second-order valence-corrected chi connectivity index (χ2v) is 7.93. The molecule has 2 nitrogen and oxygen atoms in total. The maximum Gasteiger partial charge on any atom is 0.110 e. The standard InChI is InChI=1S/C14H25IN2S/c1-4-6-8-9-11-14(3,10-7-5-2)12-13(15)18-17-16-12/h4-11H2,1-3H3. The van der Waals surface area contributed by atoms with Crippen LogP contribution in [0.15, 0.2) is 0 Å². The summed E-state index contributed by atoms with van der Waals surface area (Å²) in [6.45, 7) is 6.92. The third-order valence-corrected chi connectivity index (χ3v) is 5.30. The van der Waals surface area contributed by atoms with E-state index in [2.05, 4.69) is 52.9 Å². The van der Waals surface area contributed by atoms with E-state index in [-0.39, 0.29) is 5.41 Å². The van der Waals surface area contributed by atoms with E-state index >= 15 is 0 Å². The monoisotopic (exact) mass is 380 g/mol. The Morgan fingerprint density at radius 3 is 2.28 bits per heavy atom. The van der Waals surface area contributed by atoms with Gasteiger partial charge in [-0.25, -0.2) is 0 Å². The molecule has 0 saturated carbocycles. The van der Waals surface area contributed by atoms with Crippen molar-refractivity contribution in [2.75, 3.05) is 0 Å². The zero-order chi connectivity index (χ0) is 13.4. The molecule has 104 valence electrons. The largest absolute Gasteiger partial charge is 0.141 e. The molecule has 0 amide bonds. The molecule has 0 aromatic carbocycles. The van der Waals surface area contributed by atoms with Crippen LogP contribution in [0.5, 0.6) is 0 Å². The first kappa shape index (κ1) is 16.3. The van der Waals surface area contributed by atoms with Gasteiger partial charge in [0.15, 0.2) is 0 Å². The van der Waals surface area contributed by atoms with Crippen molar-refractivity contribution in [2.45, 2.75) is 77.6 Å². The Balaban J connectivity index is 2.66. The zero-order valence-corrected chi connectivity index (χ0v) is 14.8. The maximum absolute atomic E-state index is 4.40. The Labute approximate surface area is 129 Å². The highest BCUT2D eigenvalue weighted by Gasteiger charge is 2.30. The highest BCUT2D eigenvalue weighted by atomic mass is 127. The van der Waals surface area contributed by atoms with Crippen molar-refractivity contribution in [3.05, 3.63) is 8.58 Å². The lowest BCUT2D eigenvalue weighted by Gasteiger charge is -2.28. The number of aromatic nitrogens is 2. The van der Waals surface area contributed by atoms with Gasteiger partial charge in [0.1, 0.15) is 2.88 Å². The van der Waals surface area contributed by atoms with Crippen molar-refractivity contribution in [1.82, 2.24) is 9.59 Å². The van der Waals surface area contributed by atoms with Crippen LogP contribution in [0.3, 0.4) is 0 Å². The first-order valence-electron chi connectivity index (χ1n) is 7.12. The molecule has 4 heteroatoms. The highest BCUT2D eigenvalue weighted by molar-refractivity contribution is 14.1. The average Bonchev–Trinajstić information content (AvgIpc) is 2.79. The lowest BCUT2D eigenvalue weighted by molar-refractivity contribution is 0.358. The summed E-state index contributed by atoms with van der Waals surface area (Å²) < 4.78 is 5.40. The predicted molar refractivity (Wildman–Crippen MR) is 88.3 cm³/mol. The smallest absolute Gasteiger partial charge is 0.110 e. The van der Waals surface area contributed by atoms with Crippen molar-refractivity contribution in [3.63, 3.8) is 0 Å². The molecule has 0 radical (unpaired) electrons. The molecule has 0 aliphatic rings. The third kappa shape index (κ3) is 4.76. The lowest BCUT2D eigenvalue weighted by atomic mass is 9.78. The molecular formula is C14H25IN2S. The van der Waals surface area contributed by atoms with E-state index < -0.39 is 0 Å². The maximum atomic E-state index is 4.40. The number of unbranched alkanes of at least 4 members (excludes halogenated alkanes) is 4. The Bertz CT molecular complexity index is 340. The molecule has 0 saturated heterocycles. The predicted octanol–water partition coefficient (Wildman–Crippen LogP) is 5.56. The molecule has 1 aromatic rings. The number of hydrogen-bond acceptors (Lipinski definition) is 3. The van der Waals surface area contributed by atoms with Gasteiger partial charge in [0.2, 0.25) is 0 Å². The van der Waals surface area contributed by atoms with Gasteiger partial charge < -0.3 is 0 Å². The van der Waals surface area contributed by atoms with Crippen LogP contribution in [0.4, 0.5) is 0 Å². The molecular weight excluding hydrogens is 355 g/mol. The van der Waals surface area contributed by atoms with E-state index in [1.807, 2.05) is 0 Å². The molecule has 1 unspecified atom stereocenters. The van der Waals surface area contributed by atoms with Gasteiger partial charge in [-0.2, -0.15) is 0 Å². The van der Waals surface area contributed by atoms with Crippen LogP contribution in [0.2, 0.25) is 0 Å². The number of rotatable bonds is 9. The summed E-state index contributed by atoms with van der Waals surface area (Å²) in [5, 5.41) is 4.40. The molecule has 0 N–H and O–H groups in total. The molecule has 0 spiro atoms. The van der Waals surface area contributed by atoms with Gasteiger partial charge in [-0.3, -0.25) is 0 Å². The van der Waals surface area contributed by atoms with Gasteiger partial charge in [0.05, 0.1) is 5.69 Å². The van der Waals surface area contributed by atoms with Gasteiger partial charge in [-0.05, 0) is 47.0 Å². The summed E-state index contributed by atoms with van der Waals surface area (Å²) in [5.74, 6) is 0. The van der Waals surface area contributed by atoms with Crippen molar-refractivity contribution < 1.29 is 0 Å². The molecule has 0 bridgehead atoms. The van der Waals surface area contributed by atoms with Crippen LogP contribution in [-0.2, 0) is 5.41 Å². The summed E-state index contributed by atoms with van der Waals surface area (Å²) in [6, 6.07) is 0. The van der Waals surface area contributed by atoms with Crippen LogP contribution in [-0.4, -0.2) is 9.59 Å². The molecule has 0 aliphatic heterocycles. The molecule has 0 fully saturated rings. The van der Waals surface area contributed by atoms with E-state index in [1.165, 1.54) is 71.5 Å². The lowest BCUT2D eigenvalue weighted by Crippen LogP contribution is -2.23. The van der Waals surface area contributed by atoms with Crippen LogP contribution in [0.25, 0.3) is 0 Å². The normalized spacial score (nSPS) is 14.7. The van der Waals surface area contributed by atoms with Crippen molar-refractivity contribution in [1.29, 1.82) is 0 Å². The van der Waals surface area contributed by atoms with Gasteiger partial charge in [-0.1, -0.05) is 63.8 Å². The van der Waals surface area contributed by atoms with Crippen molar-refractivity contribution >= 4 is 34.1 Å². The van der Waals surface area contributed by atoms with Crippen molar-refractivity contribution in [2.24, 2.45) is 0 Å². The number of hydrogen-bond donors (Lipinski definition) is 0. The van der Waals surface area contributed by atoms with Gasteiger partial charge in [-0.15, -0.1) is 5.10 Å². The number of nitrogens with zero attached hydrogens (tertiary/aromatic N) is 2. The minimum Gasteiger partial charge on any atom is -0.141 e. The fourth-order valence-electron chi connectivity index (χ4n) is 2.41. The average molecular weight is 380 g/mol. The SMILES string of the molecule is CCCCCCC(C)(CCCC)c1nnsc1I. The second-order valence-electron chi connectivity index (χ2n) is 5.37. The minimum atomic E-state index is 0.243. The van der Waals surface area contributed by atoms with Crippen LogP contribution < -0.4 is 0 Å². The van der Waals surface area contributed by atoms with Crippen molar-refractivity contribution in [3.8, 4) is 0 Å². The van der Waals surface area contributed by atoms with E-state index in [9.17, 15) is 0 Å². The number of halogens is 1. The topological polar surface area (TPSA) is 25.8 Å². The Morgan fingerprint density at radius 1 is 1.06 bits per heavy atom. The van der Waals surface area contributed by atoms with Gasteiger partial charge >= 0.3 is 0 Å². The summed E-state index contributed by atoms with van der Waals surface area (Å²) in [7, 11) is 0. The zero-order valence-electron chi connectivity index (χ0n) is 11.8. The summed E-state index contributed by atoms with van der Waals surface area (Å²) >= 11 is 3.93. The molecule has 0 aliphatic carbocycles. The fourth-order valence-corrected chi connectivity index (χ4v) is 4.00. The van der Waals surface area contributed by atoms with Gasteiger partial charge in [0.25, 0.3) is 0 Å². The van der Waals surface area contributed by atoms with E-state index in [4.69, 9.17) is 0 Å². The van der Waals surface area contributed by atoms with Crippen LogP contribution >= 0.6 is 34.1 Å². The Hall–Kier alpha value is 0.290. The first-order chi connectivity index (χ1) is 8.64. The molecule has 18 heavy (non-hydrogen) atoms. The summed E-state index contributed by atoms with van der Waals surface area (Å²) in [6.07, 6.45) is 10.4. The Morgan fingerprint density at radius 2 is 1.72 bits per heavy atom. The first-order valence-corrected chi connectivity index (χ1v) is 8.97. The molecule has 1 rings (SSSR count). The molecule has 1 heterocycles. The molecule has 1 aromatic heterocycles. The second kappa shape index (κ2) is 8.46. The van der Waals surface area contributed by atoms with E-state index in [1.54, 1.807) is 0 Å². The third-order valence-electron chi connectivity index (χ3n) is 3.68. The summed E-state index contributed by atoms with van der Waals surface area (Å²) in [5.41, 5.74) is 1.49. The highest BCUT2D eigenvalue weighted by Crippen LogP contribution is 2.37. The fraction of sp³-hybridized carbons (Fsp3) is 0.857. The van der Waals surface area contributed by atoms with E-state index in [0.717, 1.165) is 0 Å². The minimum absolute atomic E-state index is 0.243. The van der Waals surface area contributed by atoms with Crippen LogP contribution in [0.1, 0.15) is 77.8 Å². The quantitative estimate of drug-likeness (QED) is 0.414. The molecule has 1 atom stereocenters. The van der Waals surface area contributed by atoms with Crippen LogP contribution in [0, 0.1) is 2.88 Å². The van der Waals surface area contributed by atoms with E-state index in [0.29, 0.717) is 0 Å². The summed E-state index contributed by atoms with van der Waals surface area (Å²) in [4.78, 5) is 0. The Kier molecular flexibility index (Phi) is 7.68.